The maximum absolute atomic E-state index is 11.5. The van der Waals surface area contributed by atoms with Gasteiger partial charge in [-0.2, -0.15) is 0 Å². The van der Waals surface area contributed by atoms with Gasteiger partial charge in [0.2, 0.25) is 0 Å². The molecule has 0 bridgehead atoms. The van der Waals surface area contributed by atoms with Gasteiger partial charge >= 0.3 is 5.97 Å². The fourth-order valence-corrected chi connectivity index (χ4v) is 2.27. The van der Waals surface area contributed by atoms with Crippen LogP contribution < -0.4 is 5.73 Å². The molecule has 96 valence electrons. The summed E-state index contributed by atoms with van der Waals surface area (Å²) in [6, 6.07) is 0. The Kier molecular flexibility index (Phi) is 3.61. The number of carbonyl (C=O) groups is 1. The molecular weight excluding hydrogens is 252 g/mol. The number of aryl methyl sites for hydroxylation is 1. The number of nitrogens with zero attached hydrogens (tertiary/aromatic N) is 3. The summed E-state index contributed by atoms with van der Waals surface area (Å²) in [5.74, 6) is -0.189. The molecule has 0 spiro atoms. The number of hydrogen-bond acceptors (Lipinski definition) is 6. The van der Waals surface area contributed by atoms with Crippen molar-refractivity contribution in [1.29, 1.82) is 0 Å². The lowest BCUT2D eigenvalue weighted by atomic mass is 10.4. The molecule has 0 fully saturated rings. The number of rotatable bonds is 4. The highest BCUT2D eigenvalue weighted by molar-refractivity contribution is 7.09. The van der Waals surface area contributed by atoms with E-state index in [1.165, 1.54) is 6.33 Å². The molecule has 0 aliphatic carbocycles. The minimum atomic E-state index is -0.496. The van der Waals surface area contributed by atoms with Crippen LogP contribution in [0.2, 0.25) is 0 Å². The van der Waals surface area contributed by atoms with Gasteiger partial charge in [0.15, 0.2) is 5.69 Å². The van der Waals surface area contributed by atoms with E-state index in [0.29, 0.717) is 19.0 Å². The van der Waals surface area contributed by atoms with Gasteiger partial charge in [0, 0.05) is 11.1 Å². The van der Waals surface area contributed by atoms with Gasteiger partial charge in [-0.3, -0.25) is 0 Å². The number of nitrogens with two attached hydrogens (primary N) is 1. The minimum Gasteiger partial charge on any atom is -0.461 e. The smallest absolute Gasteiger partial charge is 0.360 e. The van der Waals surface area contributed by atoms with Crippen LogP contribution in [0.15, 0.2) is 11.7 Å². The van der Waals surface area contributed by atoms with Gasteiger partial charge in [0.25, 0.3) is 0 Å². The first-order valence-corrected chi connectivity index (χ1v) is 6.38. The lowest BCUT2D eigenvalue weighted by Crippen LogP contribution is -2.10. The van der Waals surface area contributed by atoms with E-state index in [1.54, 1.807) is 22.8 Å². The predicted molar refractivity (Wildman–Crippen MR) is 68.5 cm³/mol. The Hall–Kier alpha value is -1.89. The third-order valence-electron chi connectivity index (χ3n) is 2.32. The number of esters is 1. The number of carbonyl (C=O) groups excluding carboxylic acids is 1. The Morgan fingerprint density at radius 1 is 1.61 bits per heavy atom. The number of hydrogen-bond donors (Lipinski definition) is 1. The molecule has 0 radical (unpaired) electrons. The molecule has 2 aromatic heterocycles. The van der Waals surface area contributed by atoms with Crippen LogP contribution >= 0.6 is 11.3 Å². The second kappa shape index (κ2) is 5.18. The Bertz CT molecular complexity index is 561. The Labute approximate surface area is 108 Å². The number of nitrogen functional groups attached to an aromatic ring is 1. The van der Waals surface area contributed by atoms with Crippen molar-refractivity contribution in [1.82, 2.24) is 14.5 Å². The number of aromatic nitrogens is 3. The van der Waals surface area contributed by atoms with Crippen molar-refractivity contribution in [2.75, 3.05) is 12.3 Å². The summed E-state index contributed by atoms with van der Waals surface area (Å²) in [4.78, 5) is 19.9. The van der Waals surface area contributed by atoms with Gasteiger partial charge in [-0.15, -0.1) is 11.3 Å². The van der Waals surface area contributed by atoms with Crippen molar-refractivity contribution in [2.45, 2.75) is 20.4 Å². The van der Waals surface area contributed by atoms with Gasteiger partial charge in [-0.25, -0.2) is 14.8 Å². The molecule has 0 aliphatic heterocycles. The molecule has 0 atom stereocenters. The molecule has 0 amide bonds. The summed E-state index contributed by atoms with van der Waals surface area (Å²) in [5, 5.41) is 2.89. The van der Waals surface area contributed by atoms with E-state index in [1.807, 2.05) is 12.3 Å². The first kappa shape index (κ1) is 12.6. The highest BCUT2D eigenvalue weighted by atomic mass is 32.1. The van der Waals surface area contributed by atoms with Crippen molar-refractivity contribution < 1.29 is 9.53 Å². The van der Waals surface area contributed by atoms with Crippen molar-refractivity contribution in [3.05, 3.63) is 28.1 Å². The number of anilines is 1. The summed E-state index contributed by atoms with van der Waals surface area (Å²) < 4.78 is 6.55. The summed E-state index contributed by atoms with van der Waals surface area (Å²) >= 11 is 1.55. The van der Waals surface area contributed by atoms with Crippen molar-refractivity contribution in [3.8, 4) is 0 Å². The van der Waals surface area contributed by atoms with E-state index in [0.717, 1.165) is 10.7 Å². The molecule has 2 rings (SSSR count). The van der Waals surface area contributed by atoms with Crippen LogP contribution in [0.5, 0.6) is 0 Å². The summed E-state index contributed by atoms with van der Waals surface area (Å²) in [5.41, 5.74) is 6.99. The first-order chi connectivity index (χ1) is 8.61. The highest BCUT2D eigenvalue weighted by Crippen LogP contribution is 2.16. The normalized spacial score (nSPS) is 10.6. The summed E-state index contributed by atoms with van der Waals surface area (Å²) in [6.07, 6.45) is 1.53. The lowest BCUT2D eigenvalue weighted by molar-refractivity contribution is 0.0521. The molecule has 2 aromatic rings. The van der Waals surface area contributed by atoms with Crippen LogP contribution in [0, 0.1) is 6.92 Å². The Balaban J connectivity index is 2.18. The summed E-state index contributed by atoms with van der Waals surface area (Å²) in [6.45, 7) is 4.48. The third-order valence-corrected chi connectivity index (χ3v) is 3.27. The standard InChI is InChI=1S/C11H14N4O2S/c1-3-17-11(16)9-10(12)15(6-13-9)4-8-14-7(2)5-18-8/h5-6H,3-4,12H2,1-2H3. The molecule has 0 aromatic carbocycles. The van der Waals surface area contributed by atoms with E-state index >= 15 is 0 Å². The zero-order valence-corrected chi connectivity index (χ0v) is 11.0. The van der Waals surface area contributed by atoms with Crippen LogP contribution in [0.3, 0.4) is 0 Å². The molecule has 0 saturated heterocycles. The van der Waals surface area contributed by atoms with Gasteiger partial charge < -0.3 is 15.0 Å². The fraction of sp³-hybridized carbons (Fsp3) is 0.364. The molecule has 2 N–H and O–H groups in total. The predicted octanol–water partition coefficient (Wildman–Crippen LogP) is 1.46. The molecule has 7 heteroatoms. The Morgan fingerprint density at radius 3 is 3.00 bits per heavy atom. The van der Waals surface area contributed by atoms with Crippen molar-refractivity contribution >= 4 is 23.1 Å². The fourth-order valence-electron chi connectivity index (χ4n) is 1.50. The van der Waals surface area contributed by atoms with E-state index in [2.05, 4.69) is 9.97 Å². The molecule has 18 heavy (non-hydrogen) atoms. The number of thiazole rings is 1. The molecule has 0 saturated carbocycles. The van der Waals surface area contributed by atoms with E-state index in [-0.39, 0.29) is 5.69 Å². The average molecular weight is 266 g/mol. The van der Waals surface area contributed by atoms with Crippen LogP contribution in [-0.4, -0.2) is 27.1 Å². The topological polar surface area (TPSA) is 83.0 Å². The van der Waals surface area contributed by atoms with E-state index in [9.17, 15) is 4.79 Å². The molecule has 6 nitrogen and oxygen atoms in total. The highest BCUT2D eigenvalue weighted by Gasteiger charge is 2.17. The van der Waals surface area contributed by atoms with E-state index in [4.69, 9.17) is 10.5 Å². The molecule has 0 aliphatic rings. The molecule has 0 unspecified atom stereocenters. The van der Waals surface area contributed by atoms with Crippen LogP contribution in [0.25, 0.3) is 0 Å². The lowest BCUT2D eigenvalue weighted by Gasteiger charge is -2.03. The third kappa shape index (κ3) is 2.51. The van der Waals surface area contributed by atoms with E-state index < -0.39 is 5.97 Å². The van der Waals surface area contributed by atoms with Gasteiger partial charge in [0.1, 0.15) is 10.8 Å². The summed E-state index contributed by atoms with van der Waals surface area (Å²) in [7, 11) is 0. The van der Waals surface area contributed by atoms with Crippen LogP contribution in [0.4, 0.5) is 5.82 Å². The second-order valence-electron chi connectivity index (χ2n) is 3.71. The number of imidazole rings is 1. The minimum absolute atomic E-state index is 0.158. The zero-order valence-electron chi connectivity index (χ0n) is 10.2. The Morgan fingerprint density at radius 2 is 2.39 bits per heavy atom. The molecular formula is C11H14N4O2S. The SMILES string of the molecule is CCOC(=O)c1ncn(Cc2nc(C)cs2)c1N. The van der Waals surface area contributed by atoms with Crippen LogP contribution in [0.1, 0.15) is 28.1 Å². The van der Waals surface area contributed by atoms with Gasteiger partial charge in [0.05, 0.1) is 19.5 Å². The van der Waals surface area contributed by atoms with Crippen molar-refractivity contribution in [2.24, 2.45) is 0 Å². The average Bonchev–Trinajstić information content (AvgIpc) is 2.88. The van der Waals surface area contributed by atoms with Crippen molar-refractivity contribution in [3.63, 3.8) is 0 Å². The zero-order chi connectivity index (χ0) is 13.1. The quantitative estimate of drug-likeness (QED) is 0.847. The monoisotopic (exact) mass is 266 g/mol. The first-order valence-electron chi connectivity index (χ1n) is 5.50. The van der Waals surface area contributed by atoms with Gasteiger partial charge in [-0.05, 0) is 13.8 Å². The maximum Gasteiger partial charge on any atom is 0.360 e. The maximum atomic E-state index is 11.5. The second-order valence-corrected chi connectivity index (χ2v) is 4.65. The largest absolute Gasteiger partial charge is 0.461 e. The van der Waals surface area contributed by atoms with Crippen LogP contribution in [-0.2, 0) is 11.3 Å². The molecule has 2 heterocycles. The van der Waals surface area contributed by atoms with Gasteiger partial charge in [-0.1, -0.05) is 0 Å². The number of ether oxygens (including phenoxy) is 1.